The Morgan fingerprint density at radius 2 is 1.92 bits per heavy atom. The molecule has 4 rings (SSSR count). The van der Waals surface area contributed by atoms with Crippen LogP contribution < -0.4 is 0 Å². The molecule has 5 nitrogen and oxygen atoms in total. The van der Waals surface area contributed by atoms with Crippen LogP contribution in [0.1, 0.15) is 22.4 Å². The topological polar surface area (TPSA) is 61.9 Å². The van der Waals surface area contributed by atoms with E-state index in [1.165, 1.54) is 5.56 Å². The van der Waals surface area contributed by atoms with E-state index in [0.29, 0.717) is 13.0 Å². The van der Waals surface area contributed by atoms with E-state index in [0.717, 1.165) is 41.0 Å². The highest BCUT2D eigenvalue weighted by Crippen LogP contribution is 2.28. The number of aromatic nitrogens is 3. The normalized spacial score (nSPS) is 13.6. The number of aromatic amines is 1. The average molecular weight is 332 g/mol. The second-order valence-electron chi connectivity index (χ2n) is 6.49. The van der Waals surface area contributed by atoms with Gasteiger partial charge in [-0.25, -0.2) is 0 Å². The monoisotopic (exact) mass is 332 g/mol. The highest BCUT2D eigenvalue weighted by molar-refractivity contribution is 5.79. The molecule has 2 aromatic heterocycles. The molecule has 0 bridgehead atoms. The second-order valence-corrected chi connectivity index (χ2v) is 6.49. The number of hydrogen-bond donors (Lipinski definition) is 1. The minimum atomic E-state index is 0.163. The summed E-state index contributed by atoms with van der Waals surface area (Å²) in [5.41, 5.74) is 6.47. The molecule has 0 saturated carbocycles. The SMILES string of the molecule is Cc1ccc(CC(=O)N2CCc3[nH]nc(-c4ccncc4)c3C2)cc1. The van der Waals surface area contributed by atoms with Crippen molar-refractivity contribution < 1.29 is 4.79 Å². The van der Waals surface area contributed by atoms with Crippen LogP contribution in [0.25, 0.3) is 11.3 Å². The van der Waals surface area contributed by atoms with E-state index in [1.807, 2.05) is 29.2 Å². The maximum Gasteiger partial charge on any atom is 0.227 e. The molecule has 126 valence electrons. The number of rotatable bonds is 3. The lowest BCUT2D eigenvalue weighted by Crippen LogP contribution is -2.36. The minimum absolute atomic E-state index is 0.163. The van der Waals surface area contributed by atoms with Crippen molar-refractivity contribution in [1.82, 2.24) is 20.1 Å². The van der Waals surface area contributed by atoms with Crippen molar-refractivity contribution in [2.45, 2.75) is 26.3 Å². The molecule has 0 aliphatic carbocycles. The van der Waals surface area contributed by atoms with Crippen LogP contribution in [0.4, 0.5) is 0 Å². The maximum absolute atomic E-state index is 12.7. The molecule has 1 amide bonds. The Morgan fingerprint density at radius 3 is 2.68 bits per heavy atom. The Bertz CT molecular complexity index is 884. The van der Waals surface area contributed by atoms with Crippen LogP contribution in [0.15, 0.2) is 48.8 Å². The van der Waals surface area contributed by atoms with Crippen LogP contribution >= 0.6 is 0 Å². The van der Waals surface area contributed by atoms with E-state index >= 15 is 0 Å². The summed E-state index contributed by atoms with van der Waals surface area (Å²) in [7, 11) is 0. The first kappa shape index (κ1) is 15.6. The van der Waals surface area contributed by atoms with Gasteiger partial charge in [0.2, 0.25) is 5.91 Å². The Morgan fingerprint density at radius 1 is 1.16 bits per heavy atom. The highest BCUT2D eigenvalue weighted by Gasteiger charge is 2.25. The van der Waals surface area contributed by atoms with Crippen LogP contribution in [0.3, 0.4) is 0 Å². The number of aryl methyl sites for hydroxylation is 1. The van der Waals surface area contributed by atoms with E-state index in [4.69, 9.17) is 0 Å². The number of nitrogens with zero attached hydrogens (tertiary/aromatic N) is 3. The summed E-state index contributed by atoms with van der Waals surface area (Å²) < 4.78 is 0. The van der Waals surface area contributed by atoms with Gasteiger partial charge in [-0.2, -0.15) is 5.10 Å². The Labute approximate surface area is 146 Å². The first-order valence-corrected chi connectivity index (χ1v) is 8.50. The van der Waals surface area contributed by atoms with Crippen molar-refractivity contribution in [3.8, 4) is 11.3 Å². The number of H-pyrrole nitrogens is 1. The van der Waals surface area contributed by atoms with Crippen molar-refractivity contribution in [2.24, 2.45) is 0 Å². The molecule has 0 spiro atoms. The zero-order valence-electron chi connectivity index (χ0n) is 14.2. The molecule has 0 fully saturated rings. The average Bonchev–Trinajstić information content (AvgIpc) is 3.07. The van der Waals surface area contributed by atoms with E-state index in [2.05, 4.69) is 34.2 Å². The summed E-state index contributed by atoms with van der Waals surface area (Å²) in [5, 5.41) is 7.60. The van der Waals surface area contributed by atoms with Gasteiger partial charge in [0.15, 0.2) is 0 Å². The van der Waals surface area contributed by atoms with Gasteiger partial charge in [0, 0.05) is 48.7 Å². The van der Waals surface area contributed by atoms with Crippen molar-refractivity contribution in [3.63, 3.8) is 0 Å². The zero-order chi connectivity index (χ0) is 17.2. The molecule has 1 aromatic carbocycles. The lowest BCUT2D eigenvalue weighted by Gasteiger charge is -2.27. The van der Waals surface area contributed by atoms with Crippen molar-refractivity contribution in [2.75, 3.05) is 6.54 Å². The van der Waals surface area contributed by atoms with Crippen molar-refractivity contribution in [1.29, 1.82) is 0 Å². The minimum Gasteiger partial charge on any atom is -0.338 e. The number of fused-ring (bicyclic) bond motifs is 1. The predicted octanol–water partition coefficient (Wildman–Crippen LogP) is 2.91. The number of carbonyl (C=O) groups is 1. The van der Waals surface area contributed by atoms with Gasteiger partial charge in [0.05, 0.1) is 12.1 Å². The van der Waals surface area contributed by atoms with Gasteiger partial charge >= 0.3 is 0 Å². The van der Waals surface area contributed by atoms with Crippen LogP contribution in [0, 0.1) is 6.92 Å². The van der Waals surface area contributed by atoms with Gasteiger partial charge in [0.25, 0.3) is 0 Å². The molecule has 3 aromatic rings. The first-order chi connectivity index (χ1) is 12.2. The molecular formula is C20H20N4O. The lowest BCUT2D eigenvalue weighted by molar-refractivity contribution is -0.131. The number of benzene rings is 1. The number of carbonyl (C=O) groups excluding carboxylic acids is 1. The lowest BCUT2D eigenvalue weighted by atomic mass is 10.0. The third-order valence-electron chi connectivity index (χ3n) is 4.72. The van der Waals surface area contributed by atoms with Gasteiger partial charge in [-0.15, -0.1) is 0 Å². The molecule has 1 aliphatic heterocycles. The van der Waals surface area contributed by atoms with Gasteiger partial charge in [-0.3, -0.25) is 14.9 Å². The van der Waals surface area contributed by atoms with E-state index in [1.54, 1.807) is 12.4 Å². The molecule has 1 aliphatic rings. The third-order valence-corrected chi connectivity index (χ3v) is 4.72. The number of amides is 1. The zero-order valence-corrected chi connectivity index (χ0v) is 14.2. The van der Waals surface area contributed by atoms with Crippen LogP contribution in [0.5, 0.6) is 0 Å². The summed E-state index contributed by atoms with van der Waals surface area (Å²) in [6, 6.07) is 12.1. The molecule has 0 saturated heterocycles. The summed E-state index contributed by atoms with van der Waals surface area (Å²) in [5.74, 6) is 0.163. The van der Waals surface area contributed by atoms with Crippen LogP contribution in [-0.2, 0) is 24.2 Å². The van der Waals surface area contributed by atoms with Crippen LogP contribution in [-0.4, -0.2) is 32.5 Å². The summed E-state index contributed by atoms with van der Waals surface area (Å²) >= 11 is 0. The molecular weight excluding hydrogens is 312 g/mol. The van der Waals surface area contributed by atoms with E-state index < -0.39 is 0 Å². The quantitative estimate of drug-likeness (QED) is 0.802. The largest absolute Gasteiger partial charge is 0.338 e. The molecule has 0 unspecified atom stereocenters. The Hall–Kier alpha value is -2.95. The predicted molar refractivity (Wildman–Crippen MR) is 95.8 cm³/mol. The van der Waals surface area contributed by atoms with Crippen molar-refractivity contribution >= 4 is 5.91 Å². The smallest absolute Gasteiger partial charge is 0.227 e. The van der Waals surface area contributed by atoms with Crippen molar-refractivity contribution in [3.05, 3.63) is 71.2 Å². The van der Waals surface area contributed by atoms with E-state index in [9.17, 15) is 4.79 Å². The number of nitrogens with one attached hydrogen (secondary N) is 1. The fourth-order valence-electron chi connectivity index (χ4n) is 3.25. The summed E-state index contributed by atoms with van der Waals surface area (Å²) in [6.07, 6.45) is 4.78. The highest BCUT2D eigenvalue weighted by atomic mass is 16.2. The molecule has 0 atom stereocenters. The Balaban J connectivity index is 1.53. The van der Waals surface area contributed by atoms with Crippen LogP contribution in [0.2, 0.25) is 0 Å². The molecule has 1 N–H and O–H groups in total. The second kappa shape index (κ2) is 6.51. The van der Waals surface area contributed by atoms with Gasteiger partial charge in [0.1, 0.15) is 0 Å². The molecule has 25 heavy (non-hydrogen) atoms. The fraction of sp³-hybridized carbons (Fsp3) is 0.250. The first-order valence-electron chi connectivity index (χ1n) is 8.50. The van der Waals surface area contributed by atoms with Gasteiger partial charge in [-0.05, 0) is 24.6 Å². The maximum atomic E-state index is 12.7. The fourth-order valence-corrected chi connectivity index (χ4v) is 3.25. The summed E-state index contributed by atoms with van der Waals surface area (Å²) in [4.78, 5) is 18.7. The molecule has 5 heteroatoms. The van der Waals surface area contributed by atoms with E-state index in [-0.39, 0.29) is 5.91 Å². The third kappa shape index (κ3) is 3.18. The Kier molecular flexibility index (Phi) is 4.06. The van der Waals surface area contributed by atoms with Gasteiger partial charge < -0.3 is 4.90 Å². The van der Waals surface area contributed by atoms with Gasteiger partial charge in [-0.1, -0.05) is 29.8 Å². The summed E-state index contributed by atoms with van der Waals surface area (Å²) in [6.45, 7) is 3.39. The number of pyridine rings is 1. The number of hydrogen-bond acceptors (Lipinski definition) is 3. The molecule has 3 heterocycles. The molecule has 0 radical (unpaired) electrons. The standard InChI is InChI=1S/C20H20N4O/c1-14-2-4-15(5-3-14)12-19(25)24-11-8-18-17(13-24)20(23-22-18)16-6-9-21-10-7-16/h2-7,9-10H,8,11-13H2,1H3,(H,22,23).